The Morgan fingerprint density at radius 1 is 1.73 bits per heavy atom. The van der Waals surface area contributed by atoms with Gasteiger partial charge < -0.3 is 5.32 Å². The van der Waals surface area contributed by atoms with Crippen molar-refractivity contribution in [2.75, 3.05) is 6.54 Å². The van der Waals surface area contributed by atoms with E-state index in [0.717, 1.165) is 6.54 Å². The molecule has 1 aliphatic rings. The van der Waals surface area contributed by atoms with E-state index in [0.29, 0.717) is 5.41 Å². The Morgan fingerprint density at radius 3 is 2.64 bits per heavy atom. The molecule has 1 N–H and O–H groups in total. The van der Waals surface area contributed by atoms with Gasteiger partial charge in [-0.2, -0.15) is 12.6 Å². The molecule has 0 bridgehead atoms. The Balaban J connectivity index is 2.16. The molecule has 11 heavy (non-hydrogen) atoms. The first kappa shape index (κ1) is 8.91. The number of amides is 1. The largest absolute Gasteiger partial charge is 0.355 e. The van der Waals surface area contributed by atoms with E-state index in [-0.39, 0.29) is 11.2 Å². The topological polar surface area (TPSA) is 29.1 Å². The molecule has 1 aliphatic carbocycles. The first-order valence-electron chi connectivity index (χ1n) is 3.99. The smallest absolute Gasteiger partial charge is 0.232 e. The SMILES string of the molecule is CC(S)C(=O)NCC1(C)CC1. The predicted octanol–water partition coefficient (Wildman–Crippen LogP) is 1.22. The van der Waals surface area contributed by atoms with Gasteiger partial charge in [-0.25, -0.2) is 0 Å². The molecule has 1 rings (SSSR count). The molecule has 0 aromatic carbocycles. The summed E-state index contributed by atoms with van der Waals surface area (Å²) in [7, 11) is 0. The van der Waals surface area contributed by atoms with Crippen molar-refractivity contribution in [1.29, 1.82) is 0 Å². The van der Waals surface area contributed by atoms with Crippen LogP contribution in [0.2, 0.25) is 0 Å². The lowest BCUT2D eigenvalue weighted by Crippen LogP contribution is -2.33. The van der Waals surface area contributed by atoms with Crippen molar-refractivity contribution in [3.8, 4) is 0 Å². The highest BCUT2D eigenvalue weighted by atomic mass is 32.1. The van der Waals surface area contributed by atoms with Crippen molar-refractivity contribution in [2.24, 2.45) is 5.41 Å². The van der Waals surface area contributed by atoms with Crippen LogP contribution in [0, 0.1) is 5.41 Å². The lowest BCUT2D eigenvalue weighted by molar-refractivity contribution is -0.120. The average molecular weight is 173 g/mol. The quantitative estimate of drug-likeness (QED) is 0.617. The third-order valence-electron chi connectivity index (χ3n) is 2.17. The zero-order valence-electron chi connectivity index (χ0n) is 7.05. The maximum absolute atomic E-state index is 11.0. The van der Waals surface area contributed by atoms with Gasteiger partial charge in [0.25, 0.3) is 0 Å². The van der Waals surface area contributed by atoms with E-state index in [1.165, 1.54) is 12.8 Å². The minimum Gasteiger partial charge on any atom is -0.355 e. The summed E-state index contributed by atoms with van der Waals surface area (Å²) in [6, 6.07) is 0. The molecular formula is C8H15NOS. The first-order chi connectivity index (χ1) is 5.03. The highest BCUT2D eigenvalue weighted by Crippen LogP contribution is 2.43. The van der Waals surface area contributed by atoms with Crippen LogP contribution in [0.25, 0.3) is 0 Å². The normalized spacial score (nSPS) is 22.5. The molecule has 64 valence electrons. The van der Waals surface area contributed by atoms with Crippen LogP contribution in [0.1, 0.15) is 26.7 Å². The van der Waals surface area contributed by atoms with Crippen LogP contribution in [0.4, 0.5) is 0 Å². The second-order valence-corrected chi connectivity index (χ2v) is 4.48. The number of carbonyl (C=O) groups excluding carboxylic acids is 1. The van der Waals surface area contributed by atoms with Crippen molar-refractivity contribution in [2.45, 2.75) is 31.9 Å². The first-order valence-corrected chi connectivity index (χ1v) is 4.51. The third-order valence-corrected chi connectivity index (χ3v) is 2.41. The maximum Gasteiger partial charge on any atom is 0.232 e. The van der Waals surface area contributed by atoms with E-state index in [1.807, 2.05) is 0 Å². The van der Waals surface area contributed by atoms with Gasteiger partial charge in [0.15, 0.2) is 0 Å². The summed E-state index contributed by atoms with van der Waals surface area (Å²) in [5.74, 6) is 0.0430. The molecule has 1 atom stereocenters. The lowest BCUT2D eigenvalue weighted by Gasteiger charge is -2.10. The third kappa shape index (κ3) is 2.73. The van der Waals surface area contributed by atoms with Gasteiger partial charge in [-0.3, -0.25) is 4.79 Å². The van der Waals surface area contributed by atoms with Gasteiger partial charge in [0.2, 0.25) is 5.91 Å². The van der Waals surface area contributed by atoms with Crippen LogP contribution in [0.3, 0.4) is 0 Å². The number of rotatable bonds is 3. The molecule has 1 saturated carbocycles. The van der Waals surface area contributed by atoms with Crippen LogP contribution in [0.15, 0.2) is 0 Å². The molecule has 0 aliphatic heterocycles. The van der Waals surface area contributed by atoms with Crippen molar-refractivity contribution >= 4 is 18.5 Å². The Hall–Kier alpha value is -0.180. The second kappa shape index (κ2) is 3.05. The van der Waals surface area contributed by atoms with Crippen LogP contribution in [0.5, 0.6) is 0 Å². The van der Waals surface area contributed by atoms with Crippen molar-refractivity contribution in [3.05, 3.63) is 0 Å². The Labute approximate surface area is 73.2 Å². The summed E-state index contributed by atoms with van der Waals surface area (Å²) < 4.78 is 0. The van der Waals surface area contributed by atoms with Crippen molar-refractivity contribution in [3.63, 3.8) is 0 Å². The number of hydrogen-bond acceptors (Lipinski definition) is 2. The minimum absolute atomic E-state index is 0.0430. The fourth-order valence-corrected chi connectivity index (χ4v) is 0.930. The molecular weight excluding hydrogens is 158 g/mol. The molecule has 1 unspecified atom stereocenters. The fraction of sp³-hybridized carbons (Fsp3) is 0.875. The molecule has 0 aromatic heterocycles. The van der Waals surface area contributed by atoms with Gasteiger partial charge in [0.05, 0.1) is 5.25 Å². The average Bonchev–Trinajstić information content (AvgIpc) is 2.64. The Bertz CT molecular complexity index is 163. The minimum atomic E-state index is -0.183. The highest BCUT2D eigenvalue weighted by Gasteiger charge is 2.37. The van der Waals surface area contributed by atoms with E-state index < -0.39 is 0 Å². The zero-order valence-corrected chi connectivity index (χ0v) is 7.95. The molecule has 0 heterocycles. The molecule has 0 aromatic rings. The number of hydrogen-bond donors (Lipinski definition) is 2. The Kier molecular flexibility index (Phi) is 2.47. The molecule has 0 spiro atoms. The summed E-state index contributed by atoms with van der Waals surface area (Å²) in [6.07, 6.45) is 2.49. The lowest BCUT2D eigenvalue weighted by atomic mass is 10.1. The standard InChI is InChI=1S/C8H15NOS/c1-6(11)7(10)9-5-8(2)3-4-8/h6,11H,3-5H2,1-2H3,(H,9,10). The van der Waals surface area contributed by atoms with Gasteiger partial charge >= 0.3 is 0 Å². The van der Waals surface area contributed by atoms with Gasteiger partial charge in [-0.05, 0) is 25.2 Å². The van der Waals surface area contributed by atoms with Crippen molar-refractivity contribution in [1.82, 2.24) is 5.32 Å². The van der Waals surface area contributed by atoms with Crippen LogP contribution in [-0.4, -0.2) is 17.7 Å². The molecule has 1 fully saturated rings. The summed E-state index contributed by atoms with van der Waals surface area (Å²) >= 11 is 4.03. The van der Waals surface area contributed by atoms with Crippen LogP contribution < -0.4 is 5.32 Å². The van der Waals surface area contributed by atoms with Crippen molar-refractivity contribution < 1.29 is 4.79 Å². The fourth-order valence-electron chi connectivity index (χ4n) is 0.838. The van der Waals surface area contributed by atoms with E-state index in [1.54, 1.807) is 6.92 Å². The summed E-state index contributed by atoms with van der Waals surface area (Å²) in [5.41, 5.74) is 0.401. The maximum atomic E-state index is 11.0. The van der Waals surface area contributed by atoms with E-state index in [9.17, 15) is 4.79 Å². The molecule has 2 nitrogen and oxygen atoms in total. The molecule has 3 heteroatoms. The van der Waals surface area contributed by atoms with Crippen LogP contribution in [-0.2, 0) is 4.79 Å². The van der Waals surface area contributed by atoms with E-state index in [2.05, 4.69) is 24.9 Å². The van der Waals surface area contributed by atoms with Gasteiger partial charge in [-0.15, -0.1) is 0 Å². The summed E-state index contributed by atoms with van der Waals surface area (Å²) in [4.78, 5) is 11.0. The van der Waals surface area contributed by atoms with Gasteiger partial charge in [-0.1, -0.05) is 6.92 Å². The van der Waals surface area contributed by atoms with E-state index >= 15 is 0 Å². The zero-order chi connectivity index (χ0) is 8.48. The van der Waals surface area contributed by atoms with Gasteiger partial charge in [0, 0.05) is 6.54 Å². The number of nitrogens with one attached hydrogen (secondary N) is 1. The number of thiol groups is 1. The monoisotopic (exact) mass is 173 g/mol. The van der Waals surface area contributed by atoms with Gasteiger partial charge in [0.1, 0.15) is 0 Å². The molecule has 0 saturated heterocycles. The Morgan fingerprint density at radius 2 is 2.27 bits per heavy atom. The summed E-state index contributed by atoms with van der Waals surface area (Å²) in [5, 5.41) is 2.69. The van der Waals surface area contributed by atoms with E-state index in [4.69, 9.17) is 0 Å². The van der Waals surface area contributed by atoms with Crippen LogP contribution >= 0.6 is 12.6 Å². The predicted molar refractivity (Wildman–Crippen MR) is 48.8 cm³/mol. The summed E-state index contributed by atoms with van der Waals surface area (Å²) in [6.45, 7) is 4.79. The molecule has 1 amide bonds. The highest BCUT2D eigenvalue weighted by molar-refractivity contribution is 7.81. The number of carbonyl (C=O) groups is 1. The molecule has 0 radical (unpaired) electrons. The second-order valence-electron chi connectivity index (χ2n) is 3.70.